The van der Waals surface area contributed by atoms with E-state index in [4.69, 9.17) is 0 Å². The van der Waals surface area contributed by atoms with E-state index in [0.717, 1.165) is 38.7 Å². The molecule has 0 spiro atoms. The van der Waals surface area contributed by atoms with Crippen molar-refractivity contribution in [2.24, 2.45) is 0 Å². The molecule has 0 N–H and O–H groups in total. The molecule has 1 amide bonds. The molecule has 2 aromatic rings. The Labute approximate surface area is 155 Å². The van der Waals surface area contributed by atoms with Crippen molar-refractivity contribution >= 4 is 17.8 Å². The highest BCUT2D eigenvalue weighted by atomic mass is 32.2. The normalized spacial score (nSPS) is 11.7. The lowest BCUT2D eigenvalue weighted by Crippen LogP contribution is -2.34. The van der Waals surface area contributed by atoms with Crippen LogP contribution in [-0.4, -0.2) is 33.8 Å². The number of nitrogens with zero attached hydrogens (tertiary/aromatic N) is 3. The van der Waals surface area contributed by atoms with E-state index in [1.54, 1.807) is 13.8 Å². The van der Waals surface area contributed by atoms with E-state index < -0.39 is 17.8 Å². The Morgan fingerprint density at radius 1 is 1.23 bits per heavy atom. The van der Waals surface area contributed by atoms with Crippen LogP contribution < -0.4 is 0 Å². The molecule has 26 heavy (non-hydrogen) atoms. The summed E-state index contributed by atoms with van der Waals surface area (Å²) in [5, 5.41) is 3.77. The first kappa shape index (κ1) is 20.4. The van der Waals surface area contributed by atoms with Crippen molar-refractivity contribution in [3.05, 3.63) is 41.1 Å². The number of rotatable bonds is 5. The van der Waals surface area contributed by atoms with Crippen LogP contribution in [0.15, 0.2) is 34.3 Å². The van der Waals surface area contributed by atoms with E-state index in [1.807, 2.05) is 32.0 Å². The van der Waals surface area contributed by atoms with E-state index in [2.05, 4.69) is 5.10 Å². The van der Waals surface area contributed by atoms with Gasteiger partial charge in [0.15, 0.2) is 0 Å². The second kappa shape index (κ2) is 8.16. The molecule has 1 heterocycles. The lowest BCUT2D eigenvalue weighted by Gasteiger charge is -2.17. The maximum Gasteiger partial charge on any atom is 0.420 e. The van der Waals surface area contributed by atoms with Crippen LogP contribution in [0, 0.1) is 6.92 Å². The van der Waals surface area contributed by atoms with E-state index in [0.29, 0.717) is 19.5 Å². The highest BCUT2D eigenvalue weighted by molar-refractivity contribution is 7.99. The molecule has 142 valence electrons. The number of aryl methyl sites for hydroxylation is 2. The molecule has 0 unspecified atom stereocenters. The van der Waals surface area contributed by atoms with Crippen LogP contribution in [0.1, 0.15) is 37.5 Å². The first-order valence-electron chi connectivity index (χ1n) is 8.45. The molecule has 0 atom stereocenters. The summed E-state index contributed by atoms with van der Waals surface area (Å²) in [5.74, 6) is 0. The van der Waals surface area contributed by atoms with Gasteiger partial charge in [-0.15, -0.1) is 0 Å². The number of aromatic nitrogens is 2. The molecular formula is C18H22F3N3OS. The van der Waals surface area contributed by atoms with Crippen molar-refractivity contribution < 1.29 is 18.0 Å². The lowest BCUT2D eigenvalue weighted by atomic mass is 10.1. The average molecular weight is 385 g/mol. The summed E-state index contributed by atoms with van der Waals surface area (Å²) >= 11 is 0.961. The number of carbonyl (C=O) groups excluding carboxylic acids is 1. The fourth-order valence-corrected chi connectivity index (χ4v) is 3.77. The Hall–Kier alpha value is -1.96. The molecule has 2 rings (SSSR count). The predicted molar refractivity (Wildman–Crippen MR) is 95.6 cm³/mol. The van der Waals surface area contributed by atoms with Crippen molar-refractivity contribution in [1.82, 2.24) is 14.7 Å². The molecule has 0 bridgehead atoms. The van der Waals surface area contributed by atoms with Crippen LogP contribution in [0.3, 0.4) is 0 Å². The molecular weight excluding hydrogens is 363 g/mol. The second-order valence-electron chi connectivity index (χ2n) is 5.76. The molecule has 0 radical (unpaired) electrons. The van der Waals surface area contributed by atoms with Gasteiger partial charge < -0.3 is 4.90 Å². The quantitative estimate of drug-likeness (QED) is 0.707. The maximum absolute atomic E-state index is 13.5. The summed E-state index contributed by atoms with van der Waals surface area (Å²) < 4.78 is 41.2. The van der Waals surface area contributed by atoms with Gasteiger partial charge in [-0.3, -0.25) is 0 Å². The zero-order valence-corrected chi connectivity index (χ0v) is 16.0. The van der Waals surface area contributed by atoms with Gasteiger partial charge >= 0.3 is 12.2 Å². The number of carbonyl (C=O) groups is 1. The Morgan fingerprint density at radius 2 is 1.88 bits per heavy atom. The minimum atomic E-state index is -4.58. The van der Waals surface area contributed by atoms with Gasteiger partial charge in [0.2, 0.25) is 0 Å². The minimum Gasteiger partial charge on any atom is -0.323 e. The minimum absolute atomic E-state index is 0.206. The smallest absolute Gasteiger partial charge is 0.323 e. The van der Waals surface area contributed by atoms with Crippen LogP contribution in [0.25, 0.3) is 0 Å². The van der Waals surface area contributed by atoms with E-state index >= 15 is 0 Å². The molecule has 0 aliphatic carbocycles. The summed E-state index contributed by atoms with van der Waals surface area (Å²) in [6, 6.07) is 5.06. The molecule has 0 saturated heterocycles. The van der Waals surface area contributed by atoms with Gasteiger partial charge in [-0.25, -0.2) is 4.79 Å². The van der Waals surface area contributed by atoms with Gasteiger partial charge in [0.25, 0.3) is 0 Å². The summed E-state index contributed by atoms with van der Waals surface area (Å²) in [4.78, 5) is 14.6. The first-order valence-corrected chi connectivity index (χ1v) is 9.26. The molecule has 1 aromatic heterocycles. The SMILES string of the molecule is CCc1cccc(C)c1Sc1nn(C(=O)N(CC)CC)cc1C(F)(F)F. The van der Waals surface area contributed by atoms with Gasteiger partial charge in [0, 0.05) is 24.2 Å². The number of alkyl halides is 3. The van der Waals surface area contributed by atoms with E-state index in [1.165, 1.54) is 4.90 Å². The first-order chi connectivity index (χ1) is 12.2. The summed E-state index contributed by atoms with van der Waals surface area (Å²) in [6.07, 6.45) is -3.10. The summed E-state index contributed by atoms with van der Waals surface area (Å²) in [6.45, 7) is 8.14. The molecule has 1 aromatic carbocycles. The molecule has 8 heteroatoms. The second-order valence-corrected chi connectivity index (χ2v) is 6.76. The zero-order chi connectivity index (χ0) is 19.5. The third kappa shape index (κ3) is 4.23. The number of hydrogen-bond donors (Lipinski definition) is 0. The highest BCUT2D eigenvalue weighted by Crippen LogP contribution is 2.40. The zero-order valence-electron chi connectivity index (χ0n) is 15.2. The Kier molecular flexibility index (Phi) is 6.39. The topological polar surface area (TPSA) is 38.1 Å². The van der Waals surface area contributed by atoms with Gasteiger partial charge in [0.1, 0.15) is 10.6 Å². The van der Waals surface area contributed by atoms with Crippen LogP contribution in [0.2, 0.25) is 0 Å². The fourth-order valence-electron chi connectivity index (χ4n) is 2.60. The van der Waals surface area contributed by atoms with Crippen LogP contribution in [0.4, 0.5) is 18.0 Å². The third-order valence-electron chi connectivity index (χ3n) is 4.09. The largest absolute Gasteiger partial charge is 0.420 e. The van der Waals surface area contributed by atoms with Crippen LogP contribution >= 0.6 is 11.8 Å². The lowest BCUT2D eigenvalue weighted by molar-refractivity contribution is -0.139. The number of benzene rings is 1. The number of amides is 1. The van der Waals surface area contributed by atoms with Crippen molar-refractivity contribution in [1.29, 1.82) is 0 Å². The van der Waals surface area contributed by atoms with Gasteiger partial charge in [-0.1, -0.05) is 36.9 Å². The highest BCUT2D eigenvalue weighted by Gasteiger charge is 2.37. The van der Waals surface area contributed by atoms with E-state index in [-0.39, 0.29) is 5.03 Å². The standard InChI is InChI=1S/C18H22F3N3OS/c1-5-13-10-8-9-12(4)15(13)26-16-14(18(19,20)21)11-24(22-16)17(25)23(6-2)7-3/h8-11H,5-7H2,1-4H3. The molecule has 0 fully saturated rings. The Balaban J connectivity index is 2.50. The fraction of sp³-hybridized carbons (Fsp3) is 0.444. The van der Waals surface area contributed by atoms with Crippen LogP contribution in [0.5, 0.6) is 0 Å². The summed E-state index contributed by atoms with van der Waals surface area (Å²) in [5.41, 5.74) is 0.938. The van der Waals surface area contributed by atoms with Crippen molar-refractivity contribution in [3.63, 3.8) is 0 Å². The van der Waals surface area contributed by atoms with Gasteiger partial charge in [-0.05, 0) is 38.3 Å². The Morgan fingerprint density at radius 3 is 2.42 bits per heavy atom. The van der Waals surface area contributed by atoms with E-state index in [9.17, 15) is 18.0 Å². The Bertz CT molecular complexity index is 782. The molecule has 0 aliphatic rings. The monoisotopic (exact) mass is 385 g/mol. The van der Waals surface area contributed by atoms with Crippen molar-refractivity contribution in [3.8, 4) is 0 Å². The number of hydrogen-bond acceptors (Lipinski definition) is 3. The van der Waals surface area contributed by atoms with Crippen molar-refractivity contribution in [2.75, 3.05) is 13.1 Å². The predicted octanol–water partition coefficient (Wildman–Crippen LogP) is 5.23. The van der Waals surface area contributed by atoms with Gasteiger partial charge in [0.05, 0.1) is 0 Å². The van der Waals surface area contributed by atoms with Gasteiger partial charge in [-0.2, -0.15) is 23.0 Å². The third-order valence-corrected chi connectivity index (χ3v) is 5.37. The summed E-state index contributed by atoms with van der Waals surface area (Å²) in [7, 11) is 0. The maximum atomic E-state index is 13.5. The number of halogens is 3. The average Bonchev–Trinajstić information content (AvgIpc) is 3.02. The molecule has 4 nitrogen and oxygen atoms in total. The van der Waals surface area contributed by atoms with Crippen molar-refractivity contribution in [2.45, 2.75) is 50.2 Å². The van der Waals surface area contributed by atoms with Crippen LogP contribution in [-0.2, 0) is 12.6 Å². The molecule has 0 aliphatic heterocycles. The molecule has 0 saturated carbocycles.